The molecule has 2 aromatic carbocycles. The van der Waals surface area contributed by atoms with Gasteiger partial charge in [-0.05, 0) is 18.4 Å². The van der Waals surface area contributed by atoms with Crippen LogP contribution in [-0.2, 0) is 6.54 Å². The number of nitrogens with one attached hydrogen (secondary N) is 1. The highest BCUT2D eigenvalue weighted by molar-refractivity contribution is 5.75. The van der Waals surface area contributed by atoms with Gasteiger partial charge in [0.15, 0.2) is 17.5 Å². The molecule has 5 nitrogen and oxygen atoms in total. The molecule has 2 aromatic rings. The Morgan fingerprint density at radius 3 is 2.13 bits per heavy atom. The highest BCUT2D eigenvalue weighted by Crippen LogP contribution is 2.22. The Labute approximate surface area is 180 Å². The molecule has 0 aliphatic carbocycles. The molecule has 8 heteroatoms. The maximum atomic E-state index is 13.5. The number of carbonyl (C=O) groups is 1. The summed E-state index contributed by atoms with van der Waals surface area (Å²) in [7, 11) is 0. The number of urea groups is 1. The molecular weight excluding hydrogens is 405 g/mol. The lowest BCUT2D eigenvalue weighted by molar-refractivity contribution is 0.167. The van der Waals surface area contributed by atoms with Gasteiger partial charge in [0.2, 0.25) is 0 Å². The van der Waals surface area contributed by atoms with Crippen molar-refractivity contribution in [3.8, 4) is 0 Å². The zero-order valence-electron chi connectivity index (χ0n) is 17.4. The quantitative estimate of drug-likeness (QED) is 0.751. The number of hydrogen-bond acceptors (Lipinski definition) is 3. The number of rotatable bonds is 4. The Kier molecular flexibility index (Phi) is 6.65. The van der Waals surface area contributed by atoms with E-state index in [4.69, 9.17) is 0 Å². The van der Waals surface area contributed by atoms with Crippen LogP contribution in [0.15, 0.2) is 42.5 Å². The Hall–Kier alpha value is -2.74. The van der Waals surface area contributed by atoms with Crippen molar-refractivity contribution in [1.29, 1.82) is 0 Å². The van der Waals surface area contributed by atoms with Gasteiger partial charge in [-0.2, -0.15) is 0 Å². The molecule has 2 amide bonds. The Morgan fingerprint density at radius 2 is 1.52 bits per heavy atom. The molecule has 2 fully saturated rings. The monoisotopic (exact) mass is 432 g/mol. The van der Waals surface area contributed by atoms with Crippen molar-refractivity contribution in [2.45, 2.75) is 25.4 Å². The molecule has 2 heterocycles. The smallest absolute Gasteiger partial charge is 0.317 e. The van der Waals surface area contributed by atoms with Gasteiger partial charge in [0.05, 0.1) is 0 Å². The van der Waals surface area contributed by atoms with Crippen LogP contribution in [0.25, 0.3) is 0 Å². The third-order valence-electron chi connectivity index (χ3n) is 6.06. The second-order valence-corrected chi connectivity index (χ2v) is 8.18. The molecule has 0 spiro atoms. The highest BCUT2D eigenvalue weighted by Gasteiger charge is 2.26. The number of carbonyl (C=O) groups excluding carboxylic acids is 1. The van der Waals surface area contributed by atoms with Crippen LogP contribution in [0.3, 0.4) is 0 Å². The van der Waals surface area contributed by atoms with E-state index < -0.39 is 17.5 Å². The molecule has 1 N–H and O–H groups in total. The predicted octanol–water partition coefficient (Wildman–Crippen LogP) is 3.60. The molecule has 2 saturated heterocycles. The molecule has 0 atom stereocenters. The van der Waals surface area contributed by atoms with Crippen molar-refractivity contribution in [3.05, 3.63) is 65.5 Å². The average Bonchev–Trinajstić information content (AvgIpc) is 2.79. The minimum Gasteiger partial charge on any atom is -0.368 e. The SMILES string of the molecule is O=C(NC1CCN(Cc2ccccc2)CC1)N1CCN(c2cc(F)c(F)c(F)c2)CC1. The molecule has 0 saturated carbocycles. The van der Waals surface area contributed by atoms with Gasteiger partial charge < -0.3 is 15.1 Å². The Morgan fingerprint density at radius 1 is 0.903 bits per heavy atom. The summed E-state index contributed by atoms with van der Waals surface area (Å²) in [6, 6.07) is 12.4. The molecule has 31 heavy (non-hydrogen) atoms. The average molecular weight is 432 g/mol. The largest absolute Gasteiger partial charge is 0.368 e. The van der Waals surface area contributed by atoms with E-state index in [9.17, 15) is 18.0 Å². The first kappa shape index (κ1) is 21.5. The van der Waals surface area contributed by atoms with Crippen molar-refractivity contribution in [2.24, 2.45) is 0 Å². The number of benzene rings is 2. The molecule has 166 valence electrons. The van der Waals surface area contributed by atoms with E-state index in [0.29, 0.717) is 31.9 Å². The van der Waals surface area contributed by atoms with Gasteiger partial charge in [0.25, 0.3) is 0 Å². The van der Waals surface area contributed by atoms with Crippen molar-refractivity contribution in [2.75, 3.05) is 44.2 Å². The number of anilines is 1. The number of piperidine rings is 1. The van der Waals surface area contributed by atoms with Gasteiger partial charge in [-0.1, -0.05) is 30.3 Å². The molecule has 0 radical (unpaired) electrons. The predicted molar refractivity (Wildman–Crippen MR) is 113 cm³/mol. The van der Waals surface area contributed by atoms with Crippen molar-refractivity contribution in [1.82, 2.24) is 15.1 Å². The van der Waals surface area contributed by atoms with E-state index >= 15 is 0 Å². The standard InChI is InChI=1S/C23H27F3N4O/c24-20-14-19(15-21(25)22(20)26)29-10-12-30(13-11-29)23(31)27-18-6-8-28(9-7-18)16-17-4-2-1-3-5-17/h1-5,14-15,18H,6-13,16H2,(H,27,31). The van der Waals surface area contributed by atoms with Gasteiger partial charge >= 0.3 is 6.03 Å². The maximum absolute atomic E-state index is 13.5. The first-order chi connectivity index (χ1) is 15.0. The molecule has 0 bridgehead atoms. The molecule has 0 unspecified atom stereocenters. The topological polar surface area (TPSA) is 38.8 Å². The number of halogens is 3. The molecule has 2 aliphatic rings. The number of hydrogen-bond donors (Lipinski definition) is 1. The minimum absolute atomic E-state index is 0.0994. The van der Waals surface area contributed by atoms with E-state index in [2.05, 4.69) is 22.3 Å². The highest BCUT2D eigenvalue weighted by atomic mass is 19.2. The van der Waals surface area contributed by atoms with Crippen LogP contribution in [0.5, 0.6) is 0 Å². The molecule has 4 rings (SSSR count). The fourth-order valence-corrected chi connectivity index (χ4v) is 4.24. The lowest BCUT2D eigenvalue weighted by Gasteiger charge is -2.38. The van der Waals surface area contributed by atoms with Gasteiger partial charge in [0.1, 0.15) is 0 Å². The Bertz CT molecular complexity index is 872. The van der Waals surface area contributed by atoms with E-state index in [-0.39, 0.29) is 12.1 Å². The summed E-state index contributed by atoms with van der Waals surface area (Å²) >= 11 is 0. The van der Waals surface area contributed by atoms with Crippen LogP contribution >= 0.6 is 0 Å². The van der Waals surface area contributed by atoms with E-state index in [1.165, 1.54) is 5.56 Å². The van der Waals surface area contributed by atoms with E-state index in [1.807, 2.05) is 18.2 Å². The number of amides is 2. The lowest BCUT2D eigenvalue weighted by atomic mass is 10.0. The third kappa shape index (κ3) is 5.31. The lowest BCUT2D eigenvalue weighted by Crippen LogP contribution is -2.54. The molecule has 2 aliphatic heterocycles. The first-order valence-electron chi connectivity index (χ1n) is 10.7. The second kappa shape index (κ2) is 9.60. The molecular formula is C23H27F3N4O. The fourth-order valence-electron chi connectivity index (χ4n) is 4.24. The summed E-state index contributed by atoms with van der Waals surface area (Å²) in [6.07, 6.45) is 1.82. The molecule has 0 aromatic heterocycles. The van der Waals surface area contributed by atoms with Crippen LogP contribution in [0.1, 0.15) is 18.4 Å². The van der Waals surface area contributed by atoms with Crippen molar-refractivity contribution in [3.63, 3.8) is 0 Å². The van der Waals surface area contributed by atoms with Gasteiger partial charge in [-0.15, -0.1) is 0 Å². The maximum Gasteiger partial charge on any atom is 0.317 e. The van der Waals surface area contributed by atoms with E-state index in [1.54, 1.807) is 9.80 Å². The minimum atomic E-state index is -1.46. The Balaban J connectivity index is 1.22. The summed E-state index contributed by atoms with van der Waals surface area (Å²) in [4.78, 5) is 18.5. The van der Waals surface area contributed by atoms with Crippen LogP contribution in [0, 0.1) is 17.5 Å². The van der Waals surface area contributed by atoms with E-state index in [0.717, 1.165) is 44.6 Å². The number of nitrogens with zero attached hydrogens (tertiary/aromatic N) is 3. The summed E-state index contributed by atoms with van der Waals surface area (Å²) in [5.74, 6) is -3.86. The van der Waals surface area contributed by atoms with Crippen LogP contribution in [-0.4, -0.2) is 61.1 Å². The van der Waals surface area contributed by atoms with Gasteiger partial charge in [-0.25, -0.2) is 18.0 Å². The van der Waals surface area contributed by atoms with Crippen LogP contribution < -0.4 is 10.2 Å². The van der Waals surface area contributed by atoms with Crippen molar-refractivity contribution >= 4 is 11.7 Å². The normalized spacial score (nSPS) is 18.3. The summed E-state index contributed by atoms with van der Waals surface area (Å²) in [5.41, 5.74) is 1.59. The fraction of sp³-hybridized carbons (Fsp3) is 0.435. The van der Waals surface area contributed by atoms with Gasteiger partial charge in [0, 0.05) is 69.7 Å². The van der Waals surface area contributed by atoms with Crippen molar-refractivity contribution < 1.29 is 18.0 Å². The summed E-state index contributed by atoms with van der Waals surface area (Å²) in [5, 5.41) is 3.13. The zero-order valence-corrected chi connectivity index (χ0v) is 17.4. The van der Waals surface area contributed by atoms with Crippen LogP contribution in [0.2, 0.25) is 0 Å². The van der Waals surface area contributed by atoms with Gasteiger partial charge in [-0.3, -0.25) is 4.90 Å². The second-order valence-electron chi connectivity index (χ2n) is 8.18. The summed E-state index contributed by atoms with van der Waals surface area (Å²) in [6.45, 7) is 4.57. The summed E-state index contributed by atoms with van der Waals surface area (Å²) < 4.78 is 40.1. The number of likely N-dealkylation sites (tertiary alicyclic amines) is 1. The number of piperazine rings is 1. The van der Waals surface area contributed by atoms with Crippen LogP contribution in [0.4, 0.5) is 23.7 Å². The zero-order chi connectivity index (χ0) is 21.8. The first-order valence-corrected chi connectivity index (χ1v) is 10.7. The third-order valence-corrected chi connectivity index (χ3v) is 6.06.